The van der Waals surface area contributed by atoms with Crippen molar-refractivity contribution in [2.75, 3.05) is 0 Å². The van der Waals surface area contributed by atoms with Gasteiger partial charge in [-0.05, 0) is 42.5 Å². The third-order valence-corrected chi connectivity index (χ3v) is 1.78. The molecule has 0 aliphatic heterocycles. The molecule has 0 aromatic heterocycles. The summed E-state index contributed by atoms with van der Waals surface area (Å²) in [6.07, 6.45) is 0. The van der Waals surface area contributed by atoms with E-state index >= 15 is 0 Å². The van der Waals surface area contributed by atoms with Crippen molar-refractivity contribution in [1.82, 2.24) is 0 Å². The van der Waals surface area contributed by atoms with Crippen LogP contribution in [0, 0.1) is 17.7 Å². The molecule has 15 heavy (non-hydrogen) atoms. The lowest BCUT2D eigenvalue weighted by molar-refractivity contribution is 0.474. The van der Waals surface area contributed by atoms with E-state index in [1.165, 1.54) is 42.5 Å². The van der Waals surface area contributed by atoms with Crippen LogP contribution in [-0.2, 0) is 0 Å². The molecule has 2 aromatic carbocycles. The lowest BCUT2D eigenvalue weighted by Crippen LogP contribution is -1.85. The van der Waals surface area contributed by atoms with Gasteiger partial charge in [0.2, 0.25) is 0 Å². The highest BCUT2D eigenvalue weighted by Crippen LogP contribution is 2.21. The van der Waals surface area contributed by atoms with Gasteiger partial charge in [-0.1, -0.05) is 0 Å². The molecule has 0 atom stereocenters. The second-order valence-electron chi connectivity index (χ2n) is 2.94. The summed E-state index contributed by atoms with van der Waals surface area (Å²) >= 11 is 0. The molecule has 0 aliphatic carbocycles. The highest BCUT2D eigenvalue weighted by Gasteiger charge is 1.98. The Morgan fingerprint density at radius 3 is 2.27 bits per heavy atom. The fraction of sp³-hybridized carbons (Fsp3) is 0. The van der Waals surface area contributed by atoms with Gasteiger partial charge in [0.25, 0.3) is 0 Å². The topological polar surface area (TPSA) is 9.23 Å². The van der Waals surface area contributed by atoms with Crippen LogP contribution in [0.5, 0.6) is 11.5 Å². The van der Waals surface area contributed by atoms with Crippen LogP contribution in [0.3, 0.4) is 0 Å². The van der Waals surface area contributed by atoms with Crippen LogP contribution >= 0.6 is 0 Å². The molecule has 0 amide bonds. The summed E-state index contributed by atoms with van der Waals surface area (Å²) in [6, 6.07) is 12.0. The molecular weight excluding hydrogens is 198 g/mol. The Balaban J connectivity index is 2.18. The molecule has 0 heterocycles. The van der Waals surface area contributed by atoms with E-state index in [2.05, 4.69) is 6.07 Å². The van der Waals surface area contributed by atoms with Gasteiger partial charge in [-0.2, -0.15) is 0 Å². The number of hydrogen-bond acceptors (Lipinski definition) is 1. The van der Waals surface area contributed by atoms with Crippen molar-refractivity contribution in [2.24, 2.45) is 0 Å². The molecule has 0 saturated carbocycles. The average molecular weight is 205 g/mol. The van der Waals surface area contributed by atoms with Gasteiger partial charge < -0.3 is 4.74 Å². The van der Waals surface area contributed by atoms with Crippen LogP contribution in [-0.4, -0.2) is 0 Å². The van der Waals surface area contributed by atoms with Gasteiger partial charge in [-0.15, -0.1) is 0 Å². The highest BCUT2D eigenvalue weighted by atomic mass is 19.1. The smallest absolute Gasteiger partial charge is 0.130 e. The minimum atomic E-state index is -0.422. The molecule has 2 aromatic rings. The molecule has 0 bridgehead atoms. The van der Waals surface area contributed by atoms with Gasteiger partial charge in [0, 0.05) is 6.07 Å². The van der Waals surface area contributed by atoms with Crippen molar-refractivity contribution in [2.45, 2.75) is 0 Å². The number of halogens is 2. The molecular formula is C12H7F2O. The van der Waals surface area contributed by atoms with Crippen molar-refractivity contribution < 1.29 is 13.5 Å². The minimum absolute atomic E-state index is 0.335. The van der Waals surface area contributed by atoms with Crippen molar-refractivity contribution in [3.05, 3.63) is 60.2 Å². The van der Waals surface area contributed by atoms with E-state index in [4.69, 9.17) is 4.74 Å². The van der Waals surface area contributed by atoms with Gasteiger partial charge in [0.05, 0.1) is 0 Å². The molecule has 0 unspecified atom stereocenters. The van der Waals surface area contributed by atoms with Crippen LogP contribution in [0.15, 0.2) is 42.5 Å². The monoisotopic (exact) mass is 205 g/mol. The molecule has 1 nitrogen and oxygen atoms in total. The van der Waals surface area contributed by atoms with E-state index in [1.807, 2.05) is 0 Å². The molecule has 75 valence electrons. The van der Waals surface area contributed by atoms with E-state index in [9.17, 15) is 8.78 Å². The zero-order valence-corrected chi connectivity index (χ0v) is 7.71. The van der Waals surface area contributed by atoms with Crippen molar-refractivity contribution >= 4 is 0 Å². The third-order valence-electron chi connectivity index (χ3n) is 1.78. The fourth-order valence-electron chi connectivity index (χ4n) is 1.12. The predicted octanol–water partition coefficient (Wildman–Crippen LogP) is 3.56. The molecule has 0 saturated heterocycles. The van der Waals surface area contributed by atoms with E-state index in [0.29, 0.717) is 11.5 Å². The first kappa shape index (κ1) is 9.65. The summed E-state index contributed by atoms with van der Waals surface area (Å²) in [4.78, 5) is 0. The lowest BCUT2D eigenvalue weighted by atomic mass is 10.3. The third kappa shape index (κ3) is 2.53. The maximum Gasteiger partial charge on any atom is 0.130 e. The van der Waals surface area contributed by atoms with Gasteiger partial charge >= 0.3 is 0 Å². The van der Waals surface area contributed by atoms with E-state index in [0.717, 1.165) is 0 Å². The second kappa shape index (κ2) is 4.09. The normalized spacial score (nSPS) is 10.0. The molecule has 0 spiro atoms. The van der Waals surface area contributed by atoms with Gasteiger partial charge in [0.1, 0.15) is 23.1 Å². The van der Waals surface area contributed by atoms with Crippen LogP contribution in [0.1, 0.15) is 0 Å². The average Bonchev–Trinajstić information content (AvgIpc) is 2.22. The Labute approximate surface area is 85.9 Å². The van der Waals surface area contributed by atoms with Crippen LogP contribution in [0.2, 0.25) is 0 Å². The Bertz CT molecular complexity index is 451. The standard InChI is InChI=1S/C12H7F2O/c13-9-4-6-11(7-5-9)15-12-3-1-2-10(14)8-12/h2-8H. The zero-order chi connectivity index (χ0) is 10.7. The summed E-state index contributed by atoms with van der Waals surface area (Å²) < 4.78 is 30.6. The van der Waals surface area contributed by atoms with Gasteiger partial charge in [-0.3, -0.25) is 0 Å². The summed E-state index contributed by atoms with van der Waals surface area (Å²) in [5.41, 5.74) is 0. The SMILES string of the molecule is Fc1ccc(Oc2c[c]cc(F)c2)cc1. The van der Waals surface area contributed by atoms with Crippen LogP contribution in [0.25, 0.3) is 0 Å². The van der Waals surface area contributed by atoms with Crippen LogP contribution < -0.4 is 4.74 Å². The fourth-order valence-corrected chi connectivity index (χ4v) is 1.12. The largest absolute Gasteiger partial charge is 0.457 e. The van der Waals surface area contributed by atoms with Gasteiger partial charge in [0.15, 0.2) is 0 Å². The van der Waals surface area contributed by atoms with Crippen molar-refractivity contribution in [3.63, 3.8) is 0 Å². The number of rotatable bonds is 2. The van der Waals surface area contributed by atoms with Crippen molar-refractivity contribution in [1.29, 1.82) is 0 Å². The Morgan fingerprint density at radius 2 is 1.60 bits per heavy atom. The maximum absolute atomic E-state index is 12.8. The first-order valence-corrected chi connectivity index (χ1v) is 4.34. The zero-order valence-electron chi connectivity index (χ0n) is 7.71. The maximum atomic E-state index is 12.8. The van der Waals surface area contributed by atoms with E-state index in [-0.39, 0.29) is 5.82 Å². The number of ether oxygens (including phenoxy) is 1. The molecule has 3 heteroatoms. The summed E-state index contributed by atoms with van der Waals surface area (Å²) in [7, 11) is 0. The minimum Gasteiger partial charge on any atom is -0.457 e. The first-order valence-electron chi connectivity index (χ1n) is 4.34. The number of benzene rings is 2. The first-order chi connectivity index (χ1) is 7.24. The second-order valence-corrected chi connectivity index (χ2v) is 2.94. The molecule has 1 radical (unpaired) electrons. The summed E-state index contributed by atoms with van der Waals surface area (Å²) in [5, 5.41) is 0. The Hall–Kier alpha value is -1.90. The van der Waals surface area contributed by atoms with E-state index < -0.39 is 5.82 Å². The molecule has 0 fully saturated rings. The molecule has 2 rings (SSSR count). The Kier molecular flexibility index (Phi) is 2.63. The quantitative estimate of drug-likeness (QED) is 0.728. The van der Waals surface area contributed by atoms with Crippen molar-refractivity contribution in [3.8, 4) is 11.5 Å². The predicted molar refractivity (Wildman–Crippen MR) is 51.7 cm³/mol. The van der Waals surface area contributed by atoms with Crippen LogP contribution in [0.4, 0.5) is 8.78 Å². The molecule has 0 N–H and O–H groups in total. The summed E-state index contributed by atoms with van der Waals surface area (Å²) in [6.45, 7) is 0. The highest BCUT2D eigenvalue weighted by molar-refractivity contribution is 5.30. The lowest BCUT2D eigenvalue weighted by Gasteiger charge is -2.04. The number of hydrogen-bond donors (Lipinski definition) is 0. The van der Waals surface area contributed by atoms with E-state index in [1.54, 1.807) is 0 Å². The summed E-state index contributed by atoms with van der Waals surface area (Å²) in [5.74, 6) is 0.0276. The van der Waals surface area contributed by atoms with Gasteiger partial charge in [-0.25, -0.2) is 8.78 Å². The Morgan fingerprint density at radius 1 is 0.867 bits per heavy atom. The molecule has 0 aliphatic rings.